The second kappa shape index (κ2) is 7.15. The minimum absolute atomic E-state index is 0.189. The van der Waals surface area contributed by atoms with Gasteiger partial charge in [-0.15, -0.1) is 0 Å². The van der Waals surface area contributed by atoms with Gasteiger partial charge in [0.15, 0.2) is 11.5 Å². The van der Waals surface area contributed by atoms with Crippen molar-refractivity contribution < 1.29 is 18.9 Å². The minimum atomic E-state index is -1.16. The van der Waals surface area contributed by atoms with E-state index in [4.69, 9.17) is 20.7 Å². The Morgan fingerprint density at radius 2 is 2.21 bits per heavy atom. The molecule has 24 heavy (non-hydrogen) atoms. The van der Waals surface area contributed by atoms with Gasteiger partial charge in [0.2, 0.25) is 11.1 Å². The number of hydrogen-bond acceptors (Lipinski definition) is 4. The second-order valence-corrected chi connectivity index (χ2v) is 5.94. The van der Waals surface area contributed by atoms with Gasteiger partial charge in [0.25, 0.3) is 0 Å². The van der Waals surface area contributed by atoms with Crippen LogP contribution >= 0.6 is 11.6 Å². The van der Waals surface area contributed by atoms with Crippen molar-refractivity contribution in [2.24, 2.45) is 0 Å². The number of carbonyl (C=O) groups excluding carboxylic acids is 1. The molecule has 5 nitrogen and oxygen atoms in total. The lowest BCUT2D eigenvalue weighted by atomic mass is 9.73. The van der Waals surface area contributed by atoms with Gasteiger partial charge in [-0.1, -0.05) is 36.4 Å². The van der Waals surface area contributed by atoms with Crippen molar-refractivity contribution in [2.45, 2.75) is 25.7 Å². The summed E-state index contributed by atoms with van der Waals surface area (Å²) in [7, 11) is -1.16. The van der Waals surface area contributed by atoms with Crippen LogP contribution in [-0.4, -0.2) is 24.0 Å². The normalized spacial score (nSPS) is 16.8. The maximum Gasteiger partial charge on any atom is 0.547 e. The average Bonchev–Trinajstić information content (AvgIpc) is 2.85. The molecule has 1 aliphatic rings. The van der Waals surface area contributed by atoms with Crippen LogP contribution in [0.3, 0.4) is 0 Å². The first-order chi connectivity index (χ1) is 11.6. The van der Waals surface area contributed by atoms with Crippen LogP contribution in [0.5, 0.6) is 5.75 Å². The molecule has 2 heterocycles. The predicted octanol–water partition coefficient (Wildman–Crippen LogP) is 2.65. The summed E-state index contributed by atoms with van der Waals surface area (Å²) < 4.78 is 10.9. The average molecular weight is 346 g/mol. The zero-order chi connectivity index (χ0) is 17.1. The van der Waals surface area contributed by atoms with E-state index < -0.39 is 13.1 Å². The lowest BCUT2D eigenvalue weighted by molar-refractivity contribution is -0.120. The monoisotopic (exact) mass is 345 g/mol. The fourth-order valence-corrected chi connectivity index (χ4v) is 2.94. The van der Waals surface area contributed by atoms with Gasteiger partial charge in [0.05, 0.1) is 17.9 Å². The van der Waals surface area contributed by atoms with Crippen molar-refractivity contribution in [3.63, 3.8) is 0 Å². The van der Waals surface area contributed by atoms with E-state index in [9.17, 15) is 9.82 Å². The Balaban J connectivity index is 1.71. The number of hydrogen-bond donors (Lipinski definition) is 2. The first-order valence-corrected chi connectivity index (χ1v) is 8.08. The second-order valence-electron chi connectivity index (χ2n) is 5.60. The van der Waals surface area contributed by atoms with Crippen molar-refractivity contribution in [3.05, 3.63) is 58.5 Å². The van der Waals surface area contributed by atoms with Crippen LogP contribution in [0.15, 0.2) is 40.8 Å². The highest BCUT2D eigenvalue weighted by molar-refractivity contribution is 6.47. The number of amides is 1. The molecule has 0 spiro atoms. The molecule has 0 aliphatic carbocycles. The third-order valence-corrected chi connectivity index (χ3v) is 4.12. The molecule has 124 valence electrons. The molecular weight excluding hydrogens is 328 g/mol. The molecular formula is C17H17BClNO4. The Morgan fingerprint density at radius 3 is 2.92 bits per heavy atom. The number of nitrogens with one attached hydrogen (secondary N) is 1. The number of halogens is 1. The van der Waals surface area contributed by atoms with E-state index >= 15 is 0 Å². The van der Waals surface area contributed by atoms with Gasteiger partial charge in [-0.05, 0) is 30.2 Å². The van der Waals surface area contributed by atoms with Crippen molar-refractivity contribution in [2.75, 3.05) is 0 Å². The van der Waals surface area contributed by atoms with Crippen LogP contribution in [0.1, 0.15) is 23.8 Å². The summed E-state index contributed by atoms with van der Waals surface area (Å²) in [4.78, 5) is 12.2. The molecule has 2 N–H and O–H groups in total. The summed E-state index contributed by atoms with van der Waals surface area (Å²) in [5.41, 5.74) is 1.55. The van der Waals surface area contributed by atoms with Crippen LogP contribution in [-0.2, 0) is 17.6 Å². The molecule has 0 radical (unpaired) electrons. The molecule has 1 aliphatic heterocycles. The molecule has 1 atom stereocenters. The number of carbonyl (C=O) groups is 1. The first kappa shape index (κ1) is 16.7. The number of fused-ring (bicyclic) bond motifs is 1. The van der Waals surface area contributed by atoms with Crippen molar-refractivity contribution >= 4 is 30.7 Å². The molecule has 1 unspecified atom stereocenters. The Kier molecular flexibility index (Phi) is 4.97. The molecule has 1 amide bonds. The molecule has 1 aromatic carbocycles. The van der Waals surface area contributed by atoms with Gasteiger partial charge in [-0.25, -0.2) is 0 Å². The fraction of sp³-hybridized carbons (Fsp3) is 0.235. The number of rotatable bonds is 4. The molecule has 0 saturated heterocycles. The van der Waals surface area contributed by atoms with E-state index in [1.54, 1.807) is 12.2 Å². The number of allylic oxidation sites excluding steroid dienone is 1. The molecule has 7 heteroatoms. The third-order valence-electron chi connectivity index (χ3n) is 3.81. The highest BCUT2D eigenvalue weighted by atomic mass is 35.5. The largest absolute Gasteiger partial charge is 0.547 e. The highest BCUT2D eigenvalue weighted by Gasteiger charge is 2.39. The summed E-state index contributed by atoms with van der Waals surface area (Å²) in [6.07, 6.45) is 4.08. The van der Waals surface area contributed by atoms with Crippen LogP contribution in [0.2, 0.25) is 5.22 Å². The highest BCUT2D eigenvalue weighted by Crippen LogP contribution is 2.38. The van der Waals surface area contributed by atoms with E-state index in [1.807, 2.05) is 37.3 Å². The molecule has 3 rings (SSSR count). The summed E-state index contributed by atoms with van der Waals surface area (Å²) in [5, 5.41) is 13.2. The van der Waals surface area contributed by atoms with Gasteiger partial charge in [0.1, 0.15) is 0 Å². The summed E-state index contributed by atoms with van der Waals surface area (Å²) in [6, 6.07) is 9.40. The van der Waals surface area contributed by atoms with E-state index in [-0.39, 0.29) is 17.5 Å². The minimum Gasteiger partial charge on any atom is -0.532 e. The topological polar surface area (TPSA) is 71.7 Å². The molecule has 1 aromatic heterocycles. The smallest absolute Gasteiger partial charge is 0.532 e. The molecule has 0 bridgehead atoms. The quantitative estimate of drug-likeness (QED) is 0.836. The van der Waals surface area contributed by atoms with Crippen LogP contribution in [0, 0.1) is 0 Å². The Morgan fingerprint density at radius 1 is 1.46 bits per heavy atom. The number of furan rings is 1. The summed E-state index contributed by atoms with van der Waals surface area (Å²) in [5.74, 6) is 0.123. The van der Waals surface area contributed by atoms with Gasteiger partial charge < -0.3 is 19.4 Å². The Hall–Kier alpha value is -2.18. The van der Waals surface area contributed by atoms with Crippen molar-refractivity contribution in [3.8, 4) is 5.75 Å². The van der Waals surface area contributed by atoms with E-state index in [1.165, 1.54) is 0 Å². The SMILES string of the molecule is C/C=C\c1oc(Cl)c2c1OB(O)C(NC(=O)Cc1ccccc1)C2. The Labute approximate surface area is 145 Å². The van der Waals surface area contributed by atoms with E-state index in [0.717, 1.165) is 5.56 Å². The van der Waals surface area contributed by atoms with Gasteiger partial charge in [-0.3, -0.25) is 4.79 Å². The van der Waals surface area contributed by atoms with E-state index in [0.29, 0.717) is 23.5 Å². The fourth-order valence-electron chi connectivity index (χ4n) is 2.69. The van der Waals surface area contributed by atoms with Crippen LogP contribution in [0.4, 0.5) is 0 Å². The predicted molar refractivity (Wildman–Crippen MR) is 92.8 cm³/mol. The van der Waals surface area contributed by atoms with Gasteiger partial charge in [-0.2, -0.15) is 0 Å². The number of benzene rings is 1. The van der Waals surface area contributed by atoms with Crippen molar-refractivity contribution in [1.29, 1.82) is 0 Å². The zero-order valence-electron chi connectivity index (χ0n) is 13.2. The standard InChI is InChI=1S/C17H17BClNO4/c1-2-6-13-16-12(17(19)23-13)10-14(18(22)24-16)20-15(21)9-11-7-4-3-5-8-11/h2-8,14,22H,9-10H2,1H3,(H,20,21)/b6-2-. The van der Waals surface area contributed by atoms with E-state index in [2.05, 4.69) is 5.32 Å². The molecule has 2 aromatic rings. The first-order valence-electron chi connectivity index (χ1n) is 7.70. The van der Waals surface area contributed by atoms with Crippen LogP contribution < -0.4 is 9.97 Å². The van der Waals surface area contributed by atoms with Crippen molar-refractivity contribution in [1.82, 2.24) is 5.32 Å². The maximum atomic E-state index is 12.2. The van der Waals surface area contributed by atoms with Gasteiger partial charge in [0, 0.05) is 6.42 Å². The molecule has 0 saturated carbocycles. The summed E-state index contributed by atoms with van der Waals surface area (Å²) in [6.45, 7) is 1.84. The third kappa shape index (κ3) is 3.50. The lowest BCUT2D eigenvalue weighted by Gasteiger charge is -2.26. The maximum absolute atomic E-state index is 12.2. The summed E-state index contributed by atoms with van der Waals surface area (Å²) >= 11 is 6.10. The van der Waals surface area contributed by atoms with Crippen LogP contribution in [0.25, 0.3) is 6.08 Å². The zero-order valence-corrected chi connectivity index (χ0v) is 13.9. The van der Waals surface area contributed by atoms with Gasteiger partial charge >= 0.3 is 7.12 Å². The lowest BCUT2D eigenvalue weighted by Crippen LogP contribution is -2.53. The Bertz CT molecular complexity index is 759. The molecule has 0 fully saturated rings.